The molecule has 0 aliphatic carbocycles. The number of thioether (sulfide) groups is 1. The van der Waals surface area contributed by atoms with Crippen LogP contribution in [0, 0.1) is 0 Å². The van der Waals surface area contributed by atoms with Gasteiger partial charge in [0.2, 0.25) is 5.91 Å². The molecular formula is C15H27N3O3S. The summed E-state index contributed by atoms with van der Waals surface area (Å²) in [5.74, 6) is 1.03. The minimum Gasteiger partial charge on any atom is -0.390 e. The van der Waals surface area contributed by atoms with Gasteiger partial charge in [-0.05, 0) is 33.1 Å². The van der Waals surface area contributed by atoms with Gasteiger partial charge in [0, 0.05) is 24.0 Å². The highest BCUT2D eigenvalue weighted by Crippen LogP contribution is 2.33. The first-order valence-electron chi connectivity index (χ1n) is 8.03. The Balaban J connectivity index is 1.54. The van der Waals surface area contributed by atoms with Gasteiger partial charge in [0.25, 0.3) is 0 Å². The van der Waals surface area contributed by atoms with Gasteiger partial charge < -0.3 is 21.1 Å². The number of amides is 3. The third kappa shape index (κ3) is 5.35. The molecule has 4 N–H and O–H groups in total. The first-order valence-corrected chi connectivity index (χ1v) is 9.08. The molecule has 0 radical (unpaired) electrons. The second-order valence-electron chi connectivity index (χ2n) is 6.78. The quantitative estimate of drug-likeness (QED) is 0.395. The summed E-state index contributed by atoms with van der Waals surface area (Å²) in [5, 5.41) is 18.8. The number of carbonyl (C=O) groups is 2. The lowest BCUT2D eigenvalue weighted by molar-refractivity contribution is -0.121. The zero-order valence-corrected chi connectivity index (χ0v) is 14.2. The molecule has 7 heteroatoms. The maximum absolute atomic E-state index is 11.7. The number of unbranched alkanes of at least 4 members (excludes halogenated alkanes) is 1. The predicted molar refractivity (Wildman–Crippen MR) is 87.9 cm³/mol. The van der Waals surface area contributed by atoms with Crippen molar-refractivity contribution in [3.05, 3.63) is 0 Å². The Morgan fingerprint density at radius 2 is 2.18 bits per heavy atom. The van der Waals surface area contributed by atoms with Gasteiger partial charge in [-0.2, -0.15) is 11.8 Å². The maximum Gasteiger partial charge on any atom is 0.315 e. The molecule has 0 aromatic rings. The molecule has 0 spiro atoms. The van der Waals surface area contributed by atoms with Crippen molar-refractivity contribution < 1.29 is 14.7 Å². The van der Waals surface area contributed by atoms with Crippen molar-refractivity contribution in [3.63, 3.8) is 0 Å². The molecule has 2 aliphatic heterocycles. The number of hydrogen-bond acceptors (Lipinski definition) is 4. The molecule has 2 heterocycles. The Kier molecular flexibility index (Phi) is 5.97. The topological polar surface area (TPSA) is 90.5 Å². The average Bonchev–Trinajstić information content (AvgIpc) is 2.93. The molecule has 2 saturated heterocycles. The van der Waals surface area contributed by atoms with E-state index in [1.807, 2.05) is 11.8 Å². The highest BCUT2D eigenvalue weighted by atomic mass is 32.2. The Labute approximate surface area is 136 Å². The smallest absolute Gasteiger partial charge is 0.315 e. The molecule has 3 amide bonds. The van der Waals surface area contributed by atoms with Crippen LogP contribution in [0.1, 0.15) is 46.0 Å². The monoisotopic (exact) mass is 329 g/mol. The molecular weight excluding hydrogens is 302 g/mol. The minimum absolute atomic E-state index is 0.0496. The van der Waals surface area contributed by atoms with Gasteiger partial charge in [0.1, 0.15) is 0 Å². The van der Waals surface area contributed by atoms with Gasteiger partial charge in [-0.25, -0.2) is 4.79 Å². The molecule has 2 fully saturated rings. The van der Waals surface area contributed by atoms with Gasteiger partial charge in [-0.3, -0.25) is 4.79 Å². The lowest BCUT2D eigenvalue weighted by atomic mass is 10.0. The highest BCUT2D eigenvalue weighted by molar-refractivity contribution is 8.00. The van der Waals surface area contributed by atoms with Crippen molar-refractivity contribution >= 4 is 23.7 Å². The number of urea groups is 1. The number of nitrogens with one attached hydrogen (secondary N) is 3. The molecule has 2 rings (SSSR count). The Morgan fingerprint density at radius 3 is 2.91 bits per heavy atom. The number of fused-ring (bicyclic) bond motifs is 1. The van der Waals surface area contributed by atoms with Crippen LogP contribution in [0.2, 0.25) is 0 Å². The van der Waals surface area contributed by atoms with Gasteiger partial charge in [0.05, 0.1) is 17.7 Å². The van der Waals surface area contributed by atoms with E-state index in [4.69, 9.17) is 0 Å². The van der Waals surface area contributed by atoms with E-state index in [-0.39, 0.29) is 24.0 Å². The molecule has 0 aromatic heterocycles. The standard InChI is InChI=1S/C15H27N3O3S/c1-15(2,21)7-8-16-12(19)6-4-3-5-11-13-10(9-22-11)17-14(20)18-13/h10-11,13,21H,3-9H2,1-2H3,(H,16,19)(H2,17,18,20). The summed E-state index contributed by atoms with van der Waals surface area (Å²) in [5.41, 5.74) is -0.733. The number of aliphatic hydroxyl groups is 1. The third-order valence-corrected chi connectivity index (χ3v) is 5.65. The third-order valence-electron chi connectivity index (χ3n) is 4.14. The van der Waals surface area contributed by atoms with Crippen LogP contribution in [0.15, 0.2) is 0 Å². The van der Waals surface area contributed by atoms with Crippen molar-refractivity contribution in [2.75, 3.05) is 12.3 Å². The first-order chi connectivity index (χ1) is 10.3. The van der Waals surface area contributed by atoms with E-state index in [0.29, 0.717) is 24.6 Å². The maximum atomic E-state index is 11.7. The summed E-state index contributed by atoms with van der Waals surface area (Å²) in [6.07, 6.45) is 3.99. The van der Waals surface area contributed by atoms with E-state index in [1.165, 1.54) is 0 Å². The van der Waals surface area contributed by atoms with E-state index >= 15 is 0 Å². The van der Waals surface area contributed by atoms with Gasteiger partial charge in [-0.1, -0.05) is 6.42 Å². The van der Waals surface area contributed by atoms with Gasteiger partial charge in [0.15, 0.2) is 0 Å². The fourth-order valence-electron chi connectivity index (χ4n) is 2.87. The molecule has 3 unspecified atom stereocenters. The van der Waals surface area contributed by atoms with Crippen LogP contribution in [-0.4, -0.2) is 52.3 Å². The van der Waals surface area contributed by atoms with Crippen molar-refractivity contribution in [2.24, 2.45) is 0 Å². The SMILES string of the molecule is CC(C)(O)CCNC(=O)CCCCC1SCC2NC(=O)NC21. The van der Waals surface area contributed by atoms with Gasteiger partial charge >= 0.3 is 6.03 Å². The predicted octanol–water partition coefficient (Wildman–Crippen LogP) is 0.989. The van der Waals surface area contributed by atoms with Crippen molar-refractivity contribution in [2.45, 2.75) is 68.9 Å². The van der Waals surface area contributed by atoms with E-state index in [0.717, 1.165) is 25.0 Å². The molecule has 126 valence electrons. The molecule has 6 nitrogen and oxygen atoms in total. The number of hydrogen-bond donors (Lipinski definition) is 4. The first kappa shape index (κ1) is 17.4. The molecule has 22 heavy (non-hydrogen) atoms. The average molecular weight is 329 g/mol. The summed E-state index contributed by atoms with van der Waals surface area (Å²) in [6.45, 7) is 3.99. The molecule has 0 saturated carbocycles. The fourth-order valence-corrected chi connectivity index (χ4v) is 4.41. The Hall–Kier alpha value is -0.950. The van der Waals surface area contributed by atoms with Crippen LogP contribution in [-0.2, 0) is 4.79 Å². The van der Waals surface area contributed by atoms with Crippen molar-refractivity contribution in [3.8, 4) is 0 Å². The van der Waals surface area contributed by atoms with Crippen LogP contribution >= 0.6 is 11.8 Å². The van der Waals surface area contributed by atoms with Crippen LogP contribution in [0.25, 0.3) is 0 Å². The van der Waals surface area contributed by atoms with E-state index in [1.54, 1.807) is 13.8 Å². The van der Waals surface area contributed by atoms with Crippen LogP contribution in [0.3, 0.4) is 0 Å². The molecule has 0 aromatic carbocycles. The highest BCUT2D eigenvalue weighted by Gasteiger charge is 2.42. The number of rotatable bonds is 8. The van der Waals surface area contributed by atoms with Crippen LogP contribution in [0.4, 0.5) is 4.79 Å². The summed E-state index contributed by atoms with van der Waals surface area (Å²) >= 11 is 1.91. The Bertz CT molecular complexity index is 411. The van der Waals surface area contributed by atoms with Crippen LogP contribution < -0.4 is 16.0 Å². The second kappa shape index (κ2) is 7.55. The van der Waals surface area contributed by atoms with Crippen LogP contribution in [0.5, 0.6) is 0 Å². The zero-order valence-electron chi connectivity index (χ0n) is 13.4. The van der Waals surface area contributed by atoms with E-state index in [9.17, 15) is 14.7 Å². The fraction of sp³-hybridized carbons (Fsp3) is 0.867. The lowest BCUT2D eigenvalue weighted by Crippen LogP contribution is -2.36. The summed E-state index contributed by atoms with van der Waals surface area (Å²) in [6, 6.07) is 0.470. The summed E-state index contributed by atoms with van der Waals surface area (Å²) in [4.78, 5) is 23.0. The normalized spacial score (nSPS) is 27.2. The molecule has 2 aliphatic rings. The van der Waals surface area contributed by atoms with E-state index < -0.39 is 5.60 Å². The van der Waals surface area contributed by atoms with Crippen molar-refractivity contribution in [1.82, 2.24) is 16.0 Å². The summed E-state index contributed by atoms with van der Waals surface area (Å²) < 4.78 is 0. The second-order valence-corrected chi connectivity index (χ2v) is 8.05. The molecule has 3 atom stereocenters. The largest absolute Gasteiger partial charge is 0.390 e. The molecule has 0 bridgehead atoms. The Morgan fingerprint density at radius 1 is 1.41 bits per heavy atom. The zero-order chi connectivity index (χ0) is 16.2. The minimum atomic E-state index is -0.733. The number of carbonyl (C=O) groups excluding carboxylic acids is 2. The van der Waals surface area contributed by atoms with E-state index in [2.05, 4.69) is 16.0 Å². The lowest BCUT2D eigenvalue weighted by Gasteiger charge is -2.17. The van der Waals surface area contributed by atoms with Crippen molar-refractivity contribution in [1.29, 1.82) is 0 Å². The summed E-state index contributed by atoms with van der Waals surface area (Å²) in [7, 11) is 0. The van der Waals surface area contributed by atoms with Gasteiger partial charge in [-0.15, -0.1) is 0 Å².